The van der Waals surface area contributed by atoms with Gasteiger partial charge in [0.2, 0.25) is 11.8 Å². The Morgan fingerprint density at radius 1 is 1.13 bits per heavy atom. The first kappa shape index (κ1) is 27.1. The third-order valence-electron chi connectivity index (χ3n) is 6.10. The van der Waals surface area contributed by atoms with Crippen LogP contribution in [0.1, 0.15) is 34.1 Å². The van der Waals surface area contributed by atoms with Crippen molar-refractivity contribution in [1.82, 2.24) is 15.6 Å². The number of rotatable bonds is 11. The third kappa shape index (κ3) is 6.48. The van der Waals surface area contributed by atoms with Crippen molar-refractivity contribution in [2.45, 2.75) is 25.0 Å². The van der Waals surface area contributed by atoms with Crippen LogP contribution in [-0.2, 0) is 14.3 Å². The van der Waals surface area contributed by atoms with Crippen LogP contribution < -0.4 is 25.0 Å². The van der Waals surface area contributed by atoms with Gasteiger partial charge < -0.3 is 24.8 Å². The molecule has 3 aromatic rings. The van der Waals surface area contributed by atoms with E-state index in [0.29, 0.717) is 40.8 Å². The van der Waals surface area contributed by atoms with Gasteiger partial charge in [-0.15, -0.1) is 11.3 Å². The molecule has 1 fully saturated rings. The zero-order valence-corrected chi connectivity index (χ0v) is 22.0. The largest absolute Gasteiger partial charge is 0.493 e. The lowest BCUT2D eigenvalue weighted by molar-refractivity contribution is -0.126. The molecule has 0 unspecified atom stereocenters. The molecule has 0 bridgehead atoms. The molecular formula is C27H30N4O6S. The fourth-order valence-electron chi connectivity index (χ4n) is 4.23. The number of amides is 3. The Kier molecular flexibility index (Phi) is 9.28. The lowest BCUT2D eigenvalue weighted by Gasteiger charge is -2.32. The Hall–Kier alpha value is -3.96. The number of thiophene rings is 1. The Morgan fingerprint density at radius 2 is 1.97 bits per heavy atom. The number of carbonyl (C=O) groups excluding carboxylic acids is 3. The number of hydrogen-bond donors (Lipinski definition) is 2. The summed E-state index contributed by atoms with van der Waals surface area (Å²) in [5.74, 6) is -0.377. The molecule has 1 aliphatic rings. The fraction of sp³-hybridized carbons (Fsp3) is 0.333. The molecule has 0 spiro atoms. The van der Waals surface area contributed by atoms with Gasteiger partial charge in [0.1, 0.15) is 6.04 Å². The van der Waals surface area contributed by atoms with Crippen molar-refractivity contribution in [1.29, 1.82) is 0 Å². The number of aromatic nitrogens is 1. The van der Waals surface area contributed by atoms with E-state index in [4.69, 9.17) is 14.2 Å². The summed E-state index contributed by atoms with van der Waals surface area (Å²) in [6.45, 7) is 0.644. The van der Waals surface area contributed by atoms with Crippen molar-refractivity contribution < 1.29 is 28.6 Å². The van der Waals surface area contributed by atoms with Gasteiger partial charge in [-0.3, -0.25) is 24.3 Å². The minimum absolute atomic E-state index is 0.0855. The number of ether oxygens (including phenoxy) is 3. The Bertz CT molecular complexity index is 1230. The molecule has 10 nitrogen and oxygen atoms in total. The molecule has 0 radical (unpaired) electrons. The van der Waals surface area contributed by atoms with Gasteiger partial charge in [0.15, 0.2) is 11.5 Å². The first-order valence-corrected chi connectivity index (χ1v) is 13.0. The molecule has 4 rings (SSSR count). The van der Waals surface area contributed by atoms with E-state index in [1.54, 1.807) is 54.0 Å². The van der Waals surface area contributed by atoms with Crippen LogP contribution in [0.4, 0.5) is 5.69 Å². The van der Waals surface area contributed by atoms with Crippen LogP contribution in [-0.4, -0.2) is 62.7 Å². The minimum atomic E-state index is -1.09. The van der Waals surface area contributed by atoms with Crippen molar-refractivity contribution in [3.8, 4) is 11.5 Å². The predicted molar refractivity (Wildman–Crippen MR) is 143 cm³/mol. The highest BCUT2D eigenvalue weighted by molar-refractivity contribution is 7.12. The molecule has 2 atom stereocenters. The normalized spacial score (nSPS) is 15.4. The van der Waals surface area contributed by atoms with Crippen LogP contribution in [0.5, 0.6) is 11.5 Å². The van der Waals surface area contributed by atoms with Gasteiger partial charge in [0.05, 0.1) is 43.6 Å². The number of nitrogens with one attached hydrogen (secondary N) is 2. The number of methoxy groups -OCH3 is 2. The first-order chi connectivity index (χ1) is 18.5. The number of pyridine rings is 1. The average Bonchev–Trinajstić information content (AvgIpc) is 3.68. The molecule has 0 aliphatic carbocycles. The van der Waals surface area contributed by atoms with Gasteiger partial charge in [-0.25, -0.2) is 0 Å². The molecular weight excluding hydrogens is 508 g/mol. The second-order valence-corrected chi connectivity index (χ2v) is 9.48. The summed E-state index contributed by atoms with van der Waals surface area (Å²) >= 11 is 1.27. The molecule has 200 valence electrons. The van der Waals surface area contributed by atoms with E-state index in [9.17, 15) is 14.4 Å². The number of nitrogens with zero attached hydrogens (tertiary/aromatic N) is 2. The summed E-state index contributed by atoms with van der Waals surface area (Å²) < 4.78 is 16.5. The topological polar surface area (TPSA) is 119 Å². The monoisotopic (exact) mass is 538 g/mol. The molecule has 1 saturated heterocycles. The molecule has 2 N–H and O–H groups in total. The molecule has 3 amide bonds. The number of hydrogen-bond acceptors (Lipinski definition) is 8. The molecule has 1 aliphatic heterocycles. The van der Waals surface area contributed by atoms with Crippen molar-refractivity contribution in [2.75, 3.05) is 38.8 Å². The van der Waals surface area contributed by atoms with Crippen LogP contribution in [0.15, 0.2) is 60.2 Å². The van der Waals surface area contributed by atoms with Gasteiger partial charge in [-0.1, -0.05) is 12.1 Å². The predicted octanol–water partition coefficient (Wildman–Crippen LogP) is 2.96. The second-order valence-electron chi connectivity index (χ2n) is 8.53. The molecule has 3 heterocycles. The van der Waals surface area contributed by atoms with E-state index in [1.165, 1.54) is 36.7 Å². The van der Waals surface area contributed by atoms with E-state index in [-0.39, 0.29) is 18.6 Å². The van der Waals surface area contributed by atoms with Crippen LogP contribution in [0, 0.1) is 0 Å². The maximum absolute atomic E-state index is 13.8. The van der Waals surface area contributed by atoms with Crippen molar-refractivity contribution in [3.05, 3.63) is 70.7 Å². The second kappa shape index (κ2) is 13.0. The highest BCUT2D eigenvalue weighted by Crippen LogP contribution is 2.34. The Balaban J connectivity index is 1.68. The quantitative estimate of drug-likeness (QED) is 0.385. The number of benzene rings is 1. The zero-order valence-electron chi connectivity index (χ0n) is 21.2. The van der Waals surface area contributed by atoms with Crippen LogP contribution >= 0.6 is 11.3 Å². The zero-order chi connectivity index (χ0) is 26.9. The fourth-order valence-corrected chi connectivity index (χ4v) is 4.87. The molecule has 11 heteroatoms. The number of carbonyl (C=O) groups is 3. The van der Waals surface area contributed by atoms with Gasteiger partial charge in [-0.05, 0) is 54.1 Å². The third-order valence-corrected chi connectivity index (χ3v) is 6.96. The minimum Gasteiger partial charge on any atom is -0.493 e. The lowest BCUT2D eigenvalue weighted by Crippen LogP contribution is -2.48. The van der Waals surface area contributed by atoms with E-state index in [1.807, 2.05) is 0 Å². The summed E-state index contributed by atoms with van der Waals surface area (Å²) in [7, 11) is 3.02. The van der Waals surface area contributed by atoms with Crippen molar-refractivity contribution >= 4 is 34.7 Å². The number of anilines is 1. The van der Waals surface area contributed by atoms with Crippen molar-refractivity contribution in [3.63, 3.8) is 0 Å². The van der Waals surface area contributed by atoms with E-state index < -0.39 is 17.9 Å². The summed E-state index contributed by atoms with van der Waals surface area (Å²) in [5, 5.41) is 7.39. The first-order valence-electron chi connectivity index (χ1n) is 12.2. The van der Waals surface area contributed by atoms with Gasteiger partial charge >= 0.3 is 0 Å². The van der Waals surface area contributed by atoms with E-state index in [0.717, 1.165) is 12.8 Å². The maximum atomic E-state index is 13.8. The Labute approximate surface area is 224 Å². The van der Waals surface area contributed by atoms with Crippen molar-refractivity contribution in [2.24, 2.45) is 0 Å². The SMILES string of the molecule is COc1ccc([C@H](C(=O)NC[C@H]2CCCO2)N(C(=O)CNC(=O)c2cccs2)c2cccnc2)cc1OC. The summed E-state index contributed by atoms with van der Waals surface area (Å²) in [6.07, 6.45) is 4.77. The summed E-state index contributed by atoms with van der Waals surface area (Å²) in [6, 6.07) is 10.8. The molecule has 1 aromatic carbocycles. The maximum Gasteiger partial charge on any atom is 0.261 e. The molecule has 2 aromatic heterocycles. The highest BCUT2D eigenvalue weighted by atomic mass is 32.1. The van der Waals surface area contributed by atoms with E-state index >= 15 is 0 Å². The highest BCUT2D eigenvalue weighted by Gasteiger charge is 2.34. The van der Waals surface area contributed by atoms with Gasteiger partial charge in [0.25, 0.3) is 5.91 Å². The van der Waals surface area contributed by atoms with Crippen LogP contribution in [0.2, 0.25) is 0 Å². The standard InChI is InChI=1S/C27H30N4O6S/c1-35-21-10-9-18(14-22(21)36-2)25(27(34)29-16-20-7-4-12-37-20)31(19-6-3-11-28-15-19)24(32)17-30-26(33)23-8-5-13-38-23/h3,5-6,8-11,13-15,20,25H,4,7,12,16-17H2,1-2H3,(H,29,34)(H,30,33)/t20-,25-/m1/s1. The summed E-state index contributed by atoms with van der Waals surface area (Å²) in [4.78, 5) is 46.0. The average molecular weight is 539 g/mol. The van der Waals surface area contributed by atoms with Gasteiger partial charge in [0, 0.05) is 19.3 Å². The van der Waals surface area contributed by atoms with Gasteiger partial charge in [-0.2, -0.15) is 0 Å². The summed E-state index contributed by atoms with van der Waals surface area (Å²) in [5.41, 5.74) is 0.893. The van der Waals surface area contributed by atoms with Crippen LogP contribution in [0.25, 0.3) is 0 Å². The molecule has 0 saturated carbocycles. The Morgan fingerprint density at radius 3 is 2.63 bits per heavy atom. The van der Waals surface area contributed by atoms with Crippen LogP contribution in [0.3, 0.4) is 0 Å². The lowest BCUT2D eigenvalue weighted by atomic mass is 10.0. The molecule has 38 heavy (non-hydrogen) atoms. The smallest absolute Gasteiger partial charge is 0.261 e. The van der Waals surface area contributed by atoms with E-state index in [2.05, 4.69) is 15.6 Å².